The highest BCUT2D eigenvalue weighted by Crippen LogP contribution is 2.46. The lowest BCUT2D eigenvalue weighted by atomic mass is 9.87. The maximum Gasteiger partial charge on any atom is 0.420 e. The fourth-order valence-electron chi connectivity index (χ4n) is 3.49. The molecule has 9 heteroatoms. The van der Waals surface area contributed by atoms with E-state index in [-0.39, 0.29) is 36.0 Å². The average molecular weight is 426 g/mol. The van der Waals surface area contributed by atoms with E-state index < -0.39 is 36.0 Å². The third-order valence-corrected chi connectivity index (χ3v) is 4.99. The van der Waals surface area contributed by atoms with Gasteiger partial charge in [0, 0.05) is 11.5 Å². The normalized spacial score (nSPS) is 21.2. The van der Waals surface area contributed by atoms with E-state index in [1.807, 2.05) is 13.0 Å². The monoisotopic (exact) mass is 426 g/mol. The largest absolute Gasteiger partial charge is 0.496 e. The van der Waals surface area contributed by atoms with E-state index in [2.05, 4.69) is 0 Å². The molecule has 0 radical (unpaired) electrons. The minimum Gasteiger partial charge on any atom is -0.496 e. The molecule has 2 unspecified atom stereocenters. The van der Waals surface area contributed by atoms with Crippen LogP contribution in [0.1, 0.15) is 43.4 Å². The minimum atomic E-state index is -4.71. The van der Waals surface area contributed by atoms with Crippen molar-refractivity contribution in [3.63, 3.8) is 0 Å². The van der Waals surface area contributed by atoms with Crippen molar-refractivity contribution in [2.75, 3.05) is 13.7 Å². The number of carbonyl (C=O) groups is 2. The fraction of sp³-hybridized carbons (Fsp3) is 0.429. The van der Waals surface area contributed by atoms with Gasteiger partial charge >= 0.3 is 12.1 Å². The predicted octanol–water partition coefficient (Wildman–Crippen LogP) is 4.45. The maximum atomic E-state index is 13.4. The average Bonchev–Trinajstić information content (AvgIpc) is 2.67. The van der Waals surface area contributed by atoms with Crippen LogP contribution in [0.15, 0.2) is 35.6 Å². The number of halogens is 3. The van der Waals surface area contributed by atoms with Gasteiger partial charge in [0.2, 0.25) is 0 Å². The smallest absolute Gasteiger partial charge is 0.420 e. The molecule has 0 fully saturated rings. The molecule has 1 aliphatic heterocycles. The Labute approximate surface area is 170 Å². The van der Waals surface area contributed by atoms with E-state index in [9.17, 15) is 22.8 Å². The first-order valence-corrected chi connectivity index (χ1v) is 9.36. The van der Waals surface area contributed by atoms with E-state index in [1.54, 1.807) is 6.08 Å². The number of hydrogen-bond acceptors (Lipinski definition) is 5. The van der Waals surface area contributed by atoms with Crippen molar-refractivity contribution >= 4 is 11.8 Å². The molecule has 1 aliphatic carbocycles. The minimum absolute atomic E-state index is 0.0514. The van der Waals surface area contributed by atoms with Gasteiger partial charge in [-0.25, -0.2) is 0 Å². The van der Waals surface area contributed by atoms with Crippen LogP contribution in [0.3, 0.4) is 0 Å². The number of carbonyl (C=O) groups excluding carboxylic acids is 1. The van der Waals surface area contributed by atoms with Gasteiger partial charge in [-0.05, 0) is 18.6 Å². The van der Waals surface area contributed by atoms with Crippen LogP contribution in [0.25, 0.3) is 0 Å². The number of rotatable bonds is 6. The molecule has 0 aromatic heterocycles. The number of hydrogen-bond donors (Lipinski definition) is 1. The number of allylic oxidation sites excluding steroid dienone is 4. The second-order valence-corrected chi connectivity index (χ2v) is 7.13. The third-order valence-electron chi connectivity index (χ3n) is 4.99. The number of ketones is 1. The van der Waals surface area contributed by atoms with Crippen LogP contribution >= 0.6 is 0 Å². The highest BCUT2D eigenvalue weighted by molar-refractivity contribution is 5.99. The van der Waals surface area contributed by atoms with Crippen LogP contribution in [0, 0.1) is 5.92 Å². The van der Waals surface area contributed by atoms with Crippen molar-refractivity contribution < 1.29 is 42.1 Å². The van der Waals surface area contributed by atoms with E-state index >= 15 is 0 Å². The van der Waals surface area contributed by atoms with Crippen molar-refractivity contribution in [3.8, 4) is 11.5 Å². The Morgan fingerprint density at radius 3 is 2.67 bits per heavy atom. The Morgan fingerprint density at radius 2 is 2.03 bits per heavy atom. The van der Waals surface area contributed by atoms with Crippen molar-refractivity contribution in [1.29, 1.82) is 0 Å². The molecule has 2 atom stereocenters. The van der Waals surface area contributed by atoms with Crippen molar-refractivity contribution in [2.24, 2.45) is 5.92 Å². The molecule has 2 aliphatic rings. The Morgan fingerprint density at radius 1 is 1.30 bits per heavy atom. The summed E-state index contributed by atoms with van der Waals surface area (Å²) >= 11 is 0. The van der Waals surface area contributed by atoms with Crippen LogP contribution in [0.5, 0.6) is 11.5 Å². The Kier molecular flexibility index (Phi) is 6.09. The van der Waals surface area contributed by atoms with Crippen molar-refractivity contribution in [1.82, 2.24) is 0 Å². The number of ether oxygens (including phenoxy) is 3. The summed E-state index contributed by atoms with van der Waals surface area (Å²) in [5, 5.41) is 8.81. The molecule has 0 spiro atoms. The number of carboxylic acids is 1. The SMILES string of the molecule is COc1cc(C2CC(=O)C3=C(O2)C(C)CC=C3)c(OCCC(=O)O)cc1C(F)(F)F. The number of aliphatic carboxylic acids is 1. The highest BCUT2D eigenvalue weighted by Gasteiger charge is 2.39. The molecular formula is C21H21F3O6. The van der Waals surface area contributed by atoms with Gasteiger partial charge in [-0.1, -0.05) is 19.1 Å². The summed E-state index contributed by atoms with van der Waals surface area (Å²) in [4.78, 5) is 23.4. The number of alkyl halides is 3. The molecule has 30 heavy (non-hydrogen) atoms. The summed E-state index contributed by atoms with van der Waals surface area (Å²) < 4.78 is 56.7. The van der Waals surface area contributed by atoms with E-state index in [1.165, 1.54) is 0 Å². The predicted molar refractivity (Wildman–Crippen MR) is 99.1 cm³/mol. The van der Waals surface area contributed by atoms with Crippen molar-refractivity contribution in [3.05, 3.63) is 46.7 Å². The van der Waals surface area contributed by atoms with Gasteiger partial charge in [-0.2, -0.15) is 13.2 Å². The van der Waals surface area contributed by atoms with Crippen LogP contribution < -0.4 is 9.47 Å². The molecule has 0 saturated carbocycles. The van der Waals surface area contributed by atoms with E-state index in [0.29, 0.717) is 17.8 Å². The topological polar surface area (TPSA) is 82.1 Å². The number of carboxylic acid groups (broad SMARTS) is 1. The first-order chi connectivity index (χ1) is 14.1. The van der Waals surface area contributed by atoms with Crippen LogP contribution in [-0.2, 0) is 20.5 Å². The standard InChI is InChI=1S/C21H21F3O6/c1-11-4-3-5-12-15(25)10-17(30-20(11)12)13-8-18(28-2)14(21(22,23)24)9-16(13)29-7-6-19(26)27/h3,5,8-9,11,17H,4,6-7,10H2,1-2H3,(H,26,27). The van der Waals surface area contributed by atoms with Gasteiger partial charge in [0.05, 0.1) is 32.1 Å². The zero-order valence-corrected chi connectivity index (χ0v) is 16.4. The Hall–Kier alpha value is -2.97. The lowest BCUT2D eigenvalue weighted by Gasteiger charge is -2.32. The van der Waals surface area contributed by atoms with Crippen molar-refractivity contribution in [2.45, 2.75) is 38.5 Å². The summed E-state index contributed by atoms with van der Waals surface area (Å²) in [6, 6.07) is 1.91. The van der Waals surface area contributed by atoms with Gasteiger partial charge in [0.1, 0.15) is 28.9 Å². The summed E-state index contributed by atoms with van der Waals surface area (Å²) in [6.45, 7) is 1.56. The van der Waals surface area contributed by atoms with Crippen LogP contribution in [0.4, 0.5) is 13.2 Å². The zero-order valence-electron chi connectivity index (χ0n) is 16.4. The van der Waals surface area contributed by atoms with E-state index in [4.69, 9.17) is 19.3 Å². The molecule has 1 heterocycles. The van der Waals surface area contributed by atoms with Gasteiger partial charge < -0.3 is 19.3 Å². The fourth-order valence-corrected chi connectivity index (χ4v) is 3.49. The van der Waals surface area contributed by atoms with Gasteiger partial charge in [0.25, 0.3) is 0 Å². The van der Waals surface area contributed by atoms with Crippen LogP contribution in [0.2, 0.25) is 0 Å². The molecule has 0 saturated heterocycles. The summed E-state index contributed by atoms with van der Waals surface area (Å²) in [5.41, 5.74) is -0.390. The first kappa shape index (κ1) is 21.7. The third kappa shape index (κ3) is 4.44. The number of methoxy groups -OCH3 is 1. The van der Waals surface area contributed by atoms with E-state index in [0.717, 1.165) is 19.2 Å². The summed E-state index contributed by atoms with van der Waals surface area (Å²) in [5.74, 6) is -1.51. The van der Waals surface area contributed by atoms with Crippen LogP contribution in [-0.4, -0.2) is 30.6 Å². The molecule has 1 N–H and O–H groups in total. The van der Waals surface area contributed by atoms with Gasteiger partial charge in [-0.3, -0.25) is 9.59 Å². The molecule has 0 amide bonds. The Bertz CT molecular complexity index is 916. The summed E-state index contributed by atoms with van der Waals surface area (Å²) in [6.07, 6.45) is -1.80. The molecule has 3 rings (SSSR count). The lowest BCUT2D eigenvalue weighted by molar-refractivity contribution is -0.139. The van der Waals surface area contributed by atoms with Gasteiger partial charge in [-0.15, -0.1) is 0 Å². The molecule has 1 aromatic rings. The lowest BCUT2D eigenvalue weighted by Crippen LogP contribution is -2.25. The zero-order chi connectivity index (χ0) is 22.1. The summed E-state index contributed by atoms with van der Waals surface area (Å²) in [7, 11) is 1.11. The number of Topliss-reactive ketones (excluding diaryl/α,β-unsaturated/α-hetero) is 1. The molecule has 162 valence electrons. The molecule has 6 nitrogen and oxygen atoms in total. The number of benzene rings is 1. The second kappa shape index (κ2) is 8.41. The first-order valence-electron chi connectivity index (χ1n) is 9.36. The molecule has 0 bridgehead atoms. The maximum absolute atomic E-state index is 13.4. The van der Waals surface area contributed by atoms with Gasteiger partial charge in [0.15, 0.2) is 5.78 Å². The molecule has 1 aromatic carbocycles. The highest BCUT2D eigenvalue weighted by atomic mass is 19.4. The Balaban J connectivity index is 2.03. The quantitative estimate of drug-likeness (QED) is 0.724. The second-order valence-electron chi connectivity index (χ2n) is 7.13. The molecular weight excluding hydrogens is 405 g/mol.